The van der Waals surface area contributed by atoms with E-state index in [2.05, 4.69) is 10.5 Å². The zero-order chi connectivity index (χ0) is 22.3. The maximum absolute atomic E-state index is 12.5. The zero-order valence-electron chi connectivity index (χ0n) is 17.9. The first-order valence-corrected chi connectivity index (χ1v) is 11.3. The molecule has 0 aliphatic heterocycles. The maximum atomic E-state index is 12.5. The fourth-order valence-corrected chi connectivity index (χ4v) is 3.96. The highest BCUT2D eigenvalue weighted by atomic mass is 32.2. The molecule has 0 bridgehead atoms. The predicted molar refractivity (Wildman–Crippen MR) is 121 cm³/mol. The first-order valence-electron chi connectivity index (χ1n) is 9.46. The number of ether oxygens (including phenoxy) is 1. The van der Waals surface area contributed by atoms with Crippen molar-refractivity contribution in [3.05, 3.63) is 54.1 Å². The van der Waals surface area contributed by atoms with Crippen molar-refractivity contribution in [3.63, 3.8) is 0 Å². The summed E-state index contributed by atoms with van der Waals surface area (Å²) in [5.74, 6) is 0.0761. The summed E-state index contributed by atoms with van der Waals surface area (Å²) >= 11 is 0. The number of rotatable bonds is 9. The van der Waals surface area contributed by atoms with Gasteiger partial charge in [-0.1, -0.05) is 12.1 Å². The van der Waals surface area contributed by atoms with E-state index in [4.69, 9.17) is 4.74 Å². The minimum Gasteiger partial charge on any atom is -0.494 e. The molecule has 0 radical (unpaired) electrons. The SMILES string of the molecule is CCOc1ccc(N([C@H](C)C(=O)N/N=C\c2ccc(N(C)C)cc2)S(C)(=O)=O)cc1. The van der Waals surface area contributed by atoms with Crippen molar-refractivity contribution in [3.8, 4) is 5.75 Å². The predicted octanol–water partition coefficient (Wildman–Crippen LogP) is 2.46. The van der Waals surface area contributed by atoms with E-state index >= 15 is 0 Å². The summed E-state index contributed by atoms with van der Waals surface area (Å²) in [6.45, 7) is 3.87. The number of amides is 1. The zero-order valence-corrected chi connectivity index (χ0v) is 18.7. The topological polar surface area (TPSA) is 91.3 Å². The highest BCUT2D eigenvalue weighted by Crippen LogP contribution is 2.24. The Balaban J connectivity index is 2.11. The van der Waals surface area contributed by atoms with Crippen LogP contribution in [0.15, 0.2) is 53.6 Å². The van der Waals surface area contributed by atoms with Gasteiger partial charge in [0.2, 0.25) is 10.0 Å². The van der Waals surface area contributed by atoms with Gasteiger partial charge >= 0.3 is 0 Å². The molecule has 0 saturated carbocycles. The van der Waals surface area contributed by atoms with Crippen LogP contribution in [0.25, 0.3) is 0 Å². The third-order valence-corrected chi connectivity index (χ3v) is 5.53. The Morgan fingerprint density at radius 1 is 1.10 bits per heavy atom. The Kier molecular flexibility index (Phi) is 7.82. The first-order chi connectivity index (χ1) is 14.1. The number of nitrogens with one attached hydrogen (secondary N) is 1. The first kappa shape index (κ1) is 23.2. The fraction of sp³-hybridized carbons (Fsp3) is 0.333. The van der Waals surface area contributed by atoms with Gasteiger partial charge in [-0.3, -0.25) is 9.10 Å². The van der Waals surface area contributed by atoms with Gasteiger partial charge in [0.15, 0.2) is 0 Å². The number of carbonyl (C=O) groups excluding carboxylic acids is 1. The van der Waals surface area contributed by atoms with Crippen molar-refractivity contribution in [1.82, 2.24) is 5.43 Å². The van der Waals surface area contributed by atoms with Crippen LogP contribution in [0, 0.1) is 0 Å². The van der Waals surface area contributed by atoms with Gasteiger partial charge < -0.3 is 9.64 Å². The van der Waals surface area contributed by atoms with E-state index in [9.17, 15) is 13.2 Å². The maximum Gasteiger partial charge on any atom is 0.263 e. The van der Waals surface area contributed by atoms with Gasteiger partial charge in [-0.2, -0.15) is 5.10 Å². The molecule has 0 aromatic heterocycles. The molecule has 0 fully saturated rings. The number of carbonyl (C=O) groups is 1. The molecule has 162 valence electrons. The fourth-order valence-electron chi connectivity index (χ4n) is 2.79. The largest absolute Gasteiger partial charge is 0.494 e. The summed E-state index contributed by atoms with van der Waals surface area (Å²) in [6, 6.07) is 13.2. The van der Waals surface area contributed by atoms with E-state index in [0.29, 0.717) is 18.0 Å². The van der Waals surface area contributed by atoms with Gasteiger partial charge in [-0.25, -0.2) is 13.8 Å². The second-order valence-corrected chi connectivity index (χ2v) is 8.74. The Bertz CT molecular complexity index is 971. The number of hydrogen-bond acceptors (Lipinski definition) is 6. The molecule has 0 aliphatic carbocycles. The van der Waals surface area contributed by atoms with Crippen LogP contribution in [-0.2, 0) is 14.8 Å². The highest BCUT2D eigenvalue weighted by Gasteiger charge is 2.29. The van der Waals surface area contributed by atoms with Crippen molar-refractivity contribution in [1.29, 1.82) is 0 Å². The average molecular weight is 433 g/mol. The van der Waals surface area contributed by atoms with Crippen molar-refractivity contribution in [2.24, 2.45) is 5.10 Å². The standard InChI is InChI=1S/C21H28N4O4S/c1-6-29-20-13-11-19(12-14-20)25(30(5,27)28)16(2)21(26)23-22-15-17-7-9-18(10-8-17)24(3)4/h7-16H,6H2,1-5H3,(H,23,26)/b22-15-/t16-/m1/s1. The Hall–Kier alpha value is -3.07. The quantitative estimate of drug-likeness (QED) is 0.485. The molecule has 1 atom stereocenters. The van der Waals surface area contributed by atoms with Gasteiger partial charge in [0.1, 0.15) is 11.8 Å². The van der Waals surface area contributed by atoms with Crippen LogP contribution in [0.3, 0.4) is 0 Å². The molecule has 1 N–H and O–H groups in total. The monoisotopic (exact) mass is 432 g/mol. The van der Waals surface area contributed by atoms with Crippen LogP contribution in [-0.4, -0.2) is 53.5 Å². The third kappa shape index (κ3) is 6.21. The minimum atomic E-state index is -3.70. The van der Waals surface area contributed by atoms with E-state index in [1.54, 1.807) is 24.3 Å². The van der Waals surface area contributed by atoms with Crippen molar-refractivity contribution >= 4 is 33.5 Å². The average Bonchev–Trinajstić information content (AvgIpc) is 2.69. The summed E-state index contributed by atoms with van der Waals surface area (Å²) in [5.41, 5.74) is 4.63. The van der Waals surface area contributed by atoms with E-state index < -0.39 is 22.0 Å². The van der Waals surface area contributed by atoms with Crippen molar-refractivity contribution in [2.45, 2.75) is 19.9 Å². The molecule has 0 saturated heterocycles. The summed E-state index contributed by atoms with van der Waals surface area (Å²) in [5, 5.41) is 3.95. The molecule has 0 heterocycles. The molecule has 9 heteroatoms. The Labute approximate surface area is 178 Å². The highest BCUT2D eigenvalue weighted by molar-refractivity contribution is 7.92. The van der Waals surface area contributed by atoms with Crippen LogP contribution >= 0.6 is 0 Å². The van der Waals surface area contributed by atoms with Crippen LogP contribution in [0.5, 0.6) is 5.75 Å². The van der Waals surface area contributed by atoms with Crippen molar-refractivity contribution in [2.75, 3.05) is 36.2 Å². The molecule has 2 rings (SSSR count). The molecule has 0 aliphatic rings. The van der Waals surface area contributed by atoms with E-state index in [0.717, 1.165) is 21.8 Å². The van der Waals surface area contributed by atoms with E-state index in [1.807, 2.05) is 50.2 Å². The molecule has 8 nitrogen and oxygen atoms in total. The lowest BCUT2D eigenvalue weighted by molar-refractivity contribution is -0.121. The number of benzene rings is 2. The van der Waals surface area contributed by atoms with Gasteiger partial charge in [0.05, 0.1) is 24.8 Å². The molecule has 2 aromatic rings. The summed E-state index contributed by atoms with van der Waals surface area (Å²) in [7, 11) is 0.192. The summed E-state index contributed by atoms with van der Waals surface area (Å²) in [4.78, 5) is 14.5. The second-order valence-electron chi connectivity index (χ2n) is 6.88. The number of hydrazone groups is 1. The summed E-state index contributed by atoms with van der Waals surface area (Å²) in [6.07, 6.45) is 2.56. The van der Waals surface area contributed by atoms with Crippen molar-refractivity contribution < 1.29 is 17.9 Å². The van der Waals surface area contributed by atoms with E-state index in [-0.39, 0.29) is 0 Å². The number of nitrogens with zero attached hydrogens (tertiary/aromatic N) is 3. The number of anilines is 2. The van der Waals surface area contributed by atoms with Crippen LogP contribution in [0.2, 0.25) is 0 Å². The van der Waals surface area contributed by atoms with Gasteiger partial charge in [0, 0.05) is 19.8 Å². The lowest BCUT2D eigenvalue weighted by Crippen LogP contribution is -2.46. The molecule has 2 aromatic carbocycles. The normalized spacial score (nSPS) is 12.4. The summed E-state index contributed by atoms with van der Waals surface area (Å²) < 4.78 is 31.1. The van der Waals surface area contributed by atoms with Gasteiger partial charge in [0.25, 0.3) is 5.91 Å². The number of sulfonamides is 1. The minimum absolute atomic E-state index is 0.367. The molecule has 0 spiro atoms. The Morgan fingerprint density at radius 3 is 2.17 bits per heavy atom. The lowest BCUT2D eigenvalue weighted by atomic mass is 10.2. The smallest absolute Gasteiger partial charge is 0.263 e. The van der Waals surface area contributed by atoms with Crippen LogP contribution in [0.1, 0.15) is 19.4 Å². The lowest BCUT2D eigenvalue weighted by Gasteiger charge is -2.27. The molecular weight excluding hydrogens is 404 g/mol. The van der Waals surface area contributed by atoms with E-state index in [1.165, 1.54) is 13.1 Å². The molecule has 0 unspecified atom stereocenters. The van der Waals surface area contributed by atoms with Gasteiger partial charge in [-0.05, 0) is 55.8 Å². The van der Waals surface area contributed by atoms with Crippen LogP contribution < -0.4 is 19.4 Å². The molecule has 30 heavy (non-hydrogen) atoms. The van der Waals surface area contributed by atoms with Gasteiger partial charge in [-0.15, -0.1) is 0 Å². The van der Waals surface area contributed by atoms with Crippen LogP contribution in [0.4, 0.5) is 11.4 Å². The third-order valence-electron chi connectivity index (χ3n) is 4.29. The molecular formula is C21H28N4O4S. The molecule has 1 amide bonds. The number of hydrogen-bond donors (Lipinski definition) is 1. The Morgan fingerprint density at radius 2 is 1.67 bits per heavy atom. The second kappa shape index (κ2) is 10.1.